The third kappa shape index (κ3) is 3.61. The number of pyridine rings is 1. The predicted molar refractivity (Wildman–Crippen MR) is 109 cm³/mol. The summed E-state index contributed by atoms with van der Waals surface area (Å²) in [5, 5.41) is 11.0. The first-order valence-corrected chi connectivity index (χ1v) is 10.3. The molecule has 3 fully saturated rings. The minimum Gasteiger partial charge on any atom is -0.508 e. The van der Waals surface area contributed by atoms with Gasteiger partial charge in [-0.1, -0.05) is 19.4 Å². The molecular formula is C23H30N2O2. The van der Waals surface area contributed by atoms with Gasteiger partial charge in [0.2, 0.25) is 0 Å². The lowest BCUT2D eigenvalue weighted by atomic mass is 9.73. The molecule has 0 spiro atoms. The van der Waals surface area contributed by atoms with E-state index in [9.17, 15) is 5.11 Å². The molecular weight excluding hydrogens is 336 g/mol. The van der Waals surface area contributed by atoms with Crippen LogP contribution in [0.3, 0.4) is 0 Å². The molecule has 0 radical (unpaired) electrons. The zero-order valence-corrected chi connectivity index (χ0v) is 16.2. The normalized spacial score (nSPS) is 28.3. The average Bonchev–Trinajstić information content (AvgIpc) is 2.71. The molecule has 5 atom stereocenters. The highest BCUT2D eigenvalue weighted by molar-refractivity contribution is 5.83. The zero-order valence-electron chi connectivity index (χ0n) is 16.2. The van der Waals surface area contributed by atoms with E-state index < -0.39 is 0 Å². The summed E-state index contributed by atoms with van der Waals surface area (Å²) in [6, 6.07) is 7.87. The van der Waals surface area contributed by atoms with Crippen LogP contribution in [0, 0.1) is 11.8 Å². The summed E-state index contributed by atoms with van der Waals surface area (Å²) in [7, 11) is 0. The molecule has 4 nitrogen and oxygen atoms in total. The maximum Gasteiger partial charge on any atom is 0.116 e. The Labute approximate surface area is 161 Å². The number of aromatic nitrogens is 1. The number of fused-ring (bicyclic) bond motifs is 4. The van der Waals surface area contributed by atoms with Gasteiger partial charge in [-0.05, 0) is 67.5 Å². The van der Waals surface area contributed by atoms with Crippen LogP contribution >= 0.6 is 0 Å². The summed E-state index contributed by atoms with van der Waals surface area (Å²) in [6.45, 7) is 9.23. The number of nitrogens with zero attached hydrogens (tertiary/aromatic N) is 2. The summed E-state index contributed by atoms with van der Waals surface area (Å²) in [6.07, 6.45) is 8.62. The maximum atomic E-state index is 10.0. The van der Waals surface area contributed by atoms with E-state index in [-0.39, 0.29) is 11.9 Å². The topological polar surface area (TPSA) is 45.6 Å². The number of aromatic hydroxyl groups is 1. The van der Waals surface area contributed by atoms with Gasteiger partial charge in [0.1, 0.15) is 5.75 Å². The molecule has 27 heavy (non-hydrogen) atoms. The third-order valence-electron chi connectivity index (χ3n) is 6.36. The van der Waals surface area contributed by atoms with Crippen molar-refractivity contribution in [1.82, 2.24) is 9.88 Å². The molecule has 3 aliphatic rings. The number of piperidine rings is 3. The van der Waals surface area contributed by atoms with Gasteiger partial charge in [-0.25, -0.2) is 0 Å². The smallest absolute Gasteiger partial charge is 0.116 e. The number of rotatable bonds is 7. The number of benzene rings is 1. The van der Waals surface area contributed by atoms with Gasteiger partial charge in [0, 0.05) is 30.8 Å². The fourth-order valence-corrected chi connectivity index (χ4v) is 4.86. The predicted octanol–water partition coefficient (Wildman–Crippen LogP) is 4.69. The Kier molecular flexibility index (Phi) is 5.46. The molecule has 1 N–H and O–H groups in total. The van der Waals surface area contributed by atoms with Crippen LogP contribution in [0.25, 0.3) is 10.9 Å². The second kappa shape index (κ2) is 7.99. The third-order valence-corrected chi connectivity index (χ3v) is 6.36. The highest BCUT2D eigenvalue weighted by Gasteiger charge is 2.43. The largest absolute Gasteiger partial charge is 0.508 e. The van der Waals surface area contributed by atoms with Gasteiger partial charge in [-0.2, -0.15) is 0 Å². The van der Waals surface area contributed by atoms with E-state index in [1.807, 2.05) is 18.3 Å². The van der Waals surface area contributed by atoms with E-state index in [0.717, 1.165) is 55.4 Å². The fraction of sp³-hybridized carbons (Fsp3) is 0.522. The Hall–Kier alpha value is -1.91. The van der Waals surface area contributed by atoms with Gasteiger partial charge >= 0.3 is 0 Å². The second-order valence-corrected chi connectivity index (χ2v) is 7.99. The Balaban J connectivity index is 1.70. The van der Waals surface area contributed by atoms with E-state index >= 15 is 0 Å². The summed E-state index contributed by atoms with van der Waals surface area (Å²) in [5.41, 5.74) is 2.06. The van der Waals surface area contributed by atoms with E-state index in [0.29, 0.717) is 17.9 Å². The van der Waals surface area contributed by atoms with Gasteiger partial charge in [-0.3, -0.25) is 9.88 Å². The Morgan fingerprint density at radius 2 is 2.30 bits per heavy atom. The molecule has 5 rings (SSSR count). The quantitative estimate of drug-likeness (QED) is 0.570. The van der Waals surface area contributed by atoms with E-state index in [1.54, 1.807) is 6.07 Å². The number of phenols is 1. The number of hydrogen-bond donors (Lipinski definition) is 1. The van der Waals surface area contributed by atoms with Crippen LogP contribution in [-0.2, 0) is 4.74 Å². The number of hydrogen-bond acceptors (Lipinski definition) is 4. The molecule has 144 valence electrons. The summed E-state index contributed by atoms with van der Waals surface area (Å²) in [5.74, 6) is 1.59. The molecule has 4 heteroatoms. The van der Waals surface area contributed by atoms with Crippen LogP contribution < -0.4 is 0 Å². The fourth-order valence-electron chi connectivity index (χ4n) is 4.86. The van der Waals surface area contributed by atoms with Crippen molar-refractivity contribution in [3.05, 3.63) is 48.7 Å². The van der Waals surface area contributed by atoms with Crippen LogP contribution in [0.1, 0.15) is 44.3 Å². The molecule has 3 saturated heterocycles. The van der Waals surface area contributed by atoms with E-state index in [1.165, 1.54) is 6.42 Å². The SMILES string of the molecule is C=C[C@H]1CN2CC[C@H]1C[C@@H]2[C@H](OCCCC)c1ccnc2ccc(O)cc12. The zero-order chi connectivity index (χ0) is 18.8. The molecule has 2 aromatic rings. The van der Waals surface area contributed by atoms with Crippen molar-refractivity contribution in [3.8, 4) is 5.75 Å². The Morgan fingerprint density at radius 3 is 3.04 bits per heavy atom. The molecule has 1 aromatic carbocycles. The van der Waals surface area contributed by atoms with Crippen molar-refractivity contribution in [2.24, 2.45) is 11.8 Å². The van der Waals surface area contributed by atoms with E-state index in [4.69, 9.17) is 4.74 Å². The average molecular weight is 367 g/mol. The first-order chi connectivity index (χ1) is 13.2. The lowest BCUT2D eigenvalue weighted by molar-refractivity contribution is -0.0752. The molecule has 0 saturated carbocycles. The van der Waals surface area contributed by atoms with Crippen LogP contribution in [0.5, 0.6) is 5.75 Å². The minimum absolute atomic E-state index is 0.0115. The summed E-state index contributed by atoms with van der Waals surface area (Å²) < 4.78 is 6.50. The number of phenolic OH excluding ortho intramolecular Hbond substituents is 1. The lowest BCUT2D eigenvalue weighted by Gasteiger charge is -2.51. The van der Waals surface area contributed by atoms with Crippen molar-refractivity contribution < 1.29 is 9.84 Å². The first kappa shape index (κ1) is 18.5. The Morgan fingerprint density at radius 1 is 1.41 bits per heavy atom. The summed E-state index contributed by atoms with van der Waals surface area (Å²) in [4.78, 5) is 7.08. The number of unbranched alkanes of at least 4 members (excludes halogenated alkanes) is 1. The maximum absolute atomic E-state index is 10.0. The molecule has 0 amide bonds. The Bertz CT molecular complexity index is 806. The van der Waals surface area contributed by atoms with Crippen LogP contribution in [0.2, 0.25) is 0 Å². The van der Waals surface area contributed by atoms with Crippen molar-refractivity contribution in [3.63, 3.8) is 0 Å². The van der Waals surface area contributed by atoms with Gasteiger partial charge in [0.25, 0.3) is 0 Å². The molecule has 0 aliphatic carbocycles. The minimum atomic E-state index is 0.0115. The van der Waals surface area contributed by atoms with Crippen molar-refractivity contribution in [2.45, 2.75) is 44.8 Å². The van der Waals surface area contributed by atoms with Gasteiger partial charge < -0.3 is 9.84 Å². The molecule has 2 bridgehead atoms. The molecule has 1 aromatic heterocycles. The highest BCUT2D eigenvalue weighted by atomic mass is 16.5. The monoisotopic (exact) mass is 366 g/mol. The second-order valence-electron chi connectivity index (χ2n) is 7.99. The van der Waals surface area contributed by atoms with Crippen LogP contribution in [-0.4, -0.2) is 40.7 Å². The molecule has 1 unspecified atom stereocenters. The summed E-state index contributed by atoms with van der Waals surface area (Å²) >= 11 is 0. The van der Waals surface area contributed by atoms with Crippen LogP contribution in [0.15, 0.2) is 43.1 Å². The van der Waals surface area contributed by atoms with Gasteiger partial charge in [0.15, 0.2) is 0 Å². The van der Waals surface area contributed by atoms with Crippen molar-refractivity contribution in [1.29, 1.82) is 0 Å². The van der Waals surface area contributed by atoms with Crippen LogP contribution in [0.4, 0.5) is 0 Å². The molecule has 4 heterocycles. The highest BCUT2D eigenvalue weighted by Crippen LogP contribution is 2.43. The number of ether oxygens (including phenoxy) is 1. The van der Waals surface area contributed by atoms with Crippen molar-refractivity contribution in [2.75, 3.05) is 19.7 Å². The molecule has 3 aliphatic heterocycles. The van der Waals surface area contributed by atoms with E-state index in [2.05, 4.69) is 35.5 Å². The van der Waals surface area contributed by atoms with Gasteiger partial charge in [0.05, 0.1) is 11.6 Å². The lowest BCUT2D eigenvalue weighted by Crippen LogP contribution is -2.55. The standard InChI is InChI=1S/C23H30N2O2/c1-3-5-12-27-23(22-13-17-9-11-25(22)15-16(17)4-2)19-8-10-24-21-7-6-18(26)14-20(19)21/h4,6-8,10,14,16-17,22-23,26H,2-3,5,9,11-13,15H2,1H3/t16-,17-,22+,23+/m0/s1. The first-order valence-electron chi connectivity index (χ1n) is 10.3. The van der Waals surface area contributed by atoms with Crippen molar-refractivity contribution >= 4 is 10.9 Å². The van der Waals surface area contributed by atoms with Gasteiger partial charge in [-0.15, -0.1) is 6.58 Å².